The highest BCUT2D eigenvalue weighted by Gasteiger charge is 2.32. The number of carbonyl (C=O) groups excluding carboxylic acids is 1. The van der Waals surface area contributed by atoms with Gasteiger partial charge in [-0.05, 0) is 69.7 Å². The van der Waals surface area contributed by atoms with E-state index < -0.39 is 0 Å². The van der Waals surface area contributed by atoms with E-state index in [1.54, 1.807) is 0 Å². The lowest BCUT2D eigenvalue weighted by Gasteiger charge is -2.36. The van der Waals surface area contributed by atoms with Gasteiger partial charge in [0.25, 0.3) is 0 Å². The summed E-state index contributed by atoms with van der Waals surface area (Å²) < 4.78 is 5.98. The molecule has 1 N–H and O–H groups in total. The Bertz CT molecular complexity index is 898. The third kappa shape index (κ3) is 5.03. The number of hydrogen-bond donors (Lipinski definition) is 1. The molecular formula is C26H37N3O2. The van der Waals surface area contributed by atoms with Crippen LogP contribution >= 0.6 is 0 Å². The molecular weight excluding hydrogens is 386 g/mol. The number of carbonyl (C=O) groups is 1. The Morgan fingerprint density at radius 3 is 2.61 bits per heavy atom. The van der Waals surface area contributed by atoms with Gasteiger partial charge in [0.15, 0.2) is 0 Å². The van der Waals surface area contributed by atoms with Gasteiger partial charge in [-0.2, -0.15) is 0 Å². The largest absolute Gasteiger partial charge is 0.441 e. The van der Waals surface area contributed by atoms with Crippen LogP contribution in [0.3, 0.4) is 0 Å². The van der Waals surface area contributed by atoms with Crippen LogP contribution in [0.25, 0.3) is 11.5 Å². The van der Waals surface area contributed by atoms with Crippen molar-refractivity contribution >= 4 is 5.91 Å². The zero-order valence-electron chi connectivity index (χ0n) is 19.5. The first-order valence-corrected chi connectivity index (χ1v) is 12.0. The molecule has 168 valence electrons. The molecule has 0 bridgehead atoms. The predicted molar refractivity (Wildman–Crippen MR) is 124 cm³/mol. The van der Waals surface area contributed by atoms with Crippen LogP contribution in [0, 0.1) is 31.6 Å². The van der Waals surface area contributed by atoms with Gasteiger partial charge in [-0.25, -0.2) is 4.98 Å². The summed E-state index contributed by atoms with van der Waals surface area (Å²) in [6.07, 6.45) is 5.49. The highest BCUT2D eigenvalue weighted by Crippen LogP contribution is 2.30. The number of likely N-dealkylation sites (tertiary alicyclic amines) is 1. The van der Waals surface area contributed by atoms with E-state index in [9.17, 15) is 4.79 Å². The smallest absolute Gasteiger partial charge is 0.226 e. The summed E-state index contributed by atoms with van der Waals surface area (Å²) in [6, 6.07) is 8.55. The highest BCUT2D eigenvalue weighted by atomic mass is 16.4. The molecule has 5 nitrogen and oxygen atoms in total. The fourth-order valence-electron chi connectivity index (χ4n) is 5.15. The van der Waals surface area contributed by atoms with Gasteiger partial charge in [-0.3, -0.25) is 9.69 Å². The second-order valence-corrected chi connectivity index (χ2v) is 9.77. The third-order valence-corrected chi connectivity index (χ3v) is 7.63. The molecule has 1 aliphatic carbocycles. The summed E-state index contributed by atoms with van der Waals surface area (Å²) in [7, 11) is 0. The molecule has 0 radical (unpaired) electrons. The van der Waals surface area contributed by atoms with E-state index in [2.05, 4.69) is 43.1 Å². The molecule has 4 rings (SSSR count). The molecule has 5 heteroatoms. The van der Waals surface area contributed by atoms with Crippen molar-refractivity contribution in [2.75, 3.05) is 13.1 Å². The molecule has 2 fully saturated rings. The normalized spacial score (nSPS) is 25.5. The number of nitrogens with zero attached hydrogens (tertiary/aromatic N) is 2. The lowest BCUT2D eigenvalue weighted by molar-refractivity contribution is -0.128. The maximum atomic E-state index is 12.9. The fourth-order valence-corrected chi connectivity index (χ4v) is 5.15. The number of aromatic nitrogens is 1. The molecule has 0 unspecified atom stereocenters. The summed E-state index contributed by atoms with van der Waals surface area (Å²) in [5, 5.41) is 3.38. The van der Waals surface area contributed by atoms with Crippen molar-refractivity contribution in [2.24, 2.45) is 17.8 Å². The lowest BCUT2D eigenvalue weighted by atomic mass is 9.78. The maximum Gasteiger partial charge on any atom is 0.226 e. The molecule has 31 heavy (non-hydrogen) atoms. The molecule has 2 heterocycles. The number of oxazole rings is 1. The van der Waals surface area contributed by atoms with E-state index in [1.165, 1.54) is 18.4 Å². The summed E-state index contributed by atoms with van der Waals surface area (Å²) in [5.41, 5.74) is 3.23. The molecule has 3 atom stereocenters. The molecule has 1 saturated carbocycles. The van der Waals surface area contributed by atoms with E-state index in [0.717, 1.165) is 55.9 Å². The van der Waals surface area contributed by atoms with Crippen LogP contribution < -0.4 is 5.32 Å². The number of hydrogen-bond acceptors (Lipinski definition) is 4. The molecule has 2 aromatic rings. The molecule has 2 aliphatic rings. The minimum Gasteiger partial charge on any atom is -0.441 e. The Balaban J connectivity index is 1.30. The molecule has 1 saturated heterocycles. The van der Waals surface area contributed by atoms with E-state index in [4.69, 9.17) is 9.40 Å². The van der Waals surface area contributed by atoms with Crippen LogP contribution in [0.4, 0.5) is 0 Å². The first-order valence-electron chi connectivity index (χ1n) is 12.0. The third-order valence-electron chi connectivity index (χ3n) is 7.63. The number of nitrogens with one attached hydrogen (secondary N) is 1. The van der Waals surface area contributed by atoms with Crippen molar-refractivity contribution in [3.05, 3.63) is 41.3 Å². The van der Waals surface area contributed by atoms with Crippen molar-refractivity contribution < 1.29 is 9.21 Å². The van der Waals surface area contributed by atoms with Crippen LogP contribution in [-0.2, 0) is 11.3 Å². The van der Waals surface area contributed by atoms with Crippen LogP contribution in [0.5, 0.6) is 0 Å². The average molecular weight is 424 g/mol. The van der Waals surface area contributed by atoms with Crippen LogP contribution in [0.1, 0.15) is 63.0 Å². The topological polar surface area (TPSA) is 58.4 Å². The van der Waals surface area contributed by atoms with Gasteiger partial charge in [-0.15, -0.1) is 0 Å². The maximum absolute atomic E-state index is 12.9. The number of piperidine rings is 1. The Labute approximate surface area is 186 Å². The fraction of sp³-hybridized carbons (Fsp3) is 0.615. The average Bonchev–Trinajstić information content (AvgIpc) is 3.12. The van der Waals surface area contributed by atoms with Crippen molar-refractivity contribution in [1.82, 2.24) is 15.2 Å². The van der Waals surface area contributed by atoms with Crippen molar-refractivity contribution in [3.8, 4) is 11.5 Å². The molecule has 1 aliphatic heterocycles. The number of rotatable bonds is 5. The van der Waals surface area contributed by atoms with Gasteiger partial charge in [-0.1, -0.05) is 44.9 Å². The van der Waals surface area contributed by atoms with Gasteiger partial charge in [0.2, 0.25) is 11.8 Å². The van der Waals surface area contributed by atoms with E-state index >= 15 is 0 Å². The number of aryl methyl sites for hydroxylation is 2. The second kappa shape index (κ2) is 9.56. The zero-order valence-corrected chi connectivity index (χ0v) is 19.5. The van der Waals surface area contributed by atoms with Gasteiger partial charge in [0.05, 0.1) is 5.69 Å². The monoisotopic (exact) mass is 423 g/mol. The summed E-state index contributed by atoms with van der Waals surface area (Å²) in [5.74, 6) is 3.28. The SMILES string of the molecule is Cc1ccccc1-c1nc(CN2CCC(C(=O)N[C@@H]3CCC[C@@H](C)[C@@H]3C)CC2)c(C)o1. The standard InChI is InChI=1S/C26H37N3O2/c1-17-9-7-11-23(19(17)3)27-25(30)21-12-14-29(15-13-21)16-24-20(4)31-26(28-24)22-10-6-5-8-18(22)2/h5-6,8,10,17,19,21,23H,7,9,11-16H2,1-4H3,(H,27,30)/t17-,19+,23-/m1/s1. The van der Waals surface area contributed by atoms with Gasteiger partial charge in [0.1, 0.15) is 5.76 Å². The van der Waals surface area contributed by atoms with E-state index in [1.807, 2.05) is 19.1 Å². The number of benzene rings is 1. The van der Waals surface area contributed by atoms with Gasteiger partial charge >= 0.3 is 0 Å². The van der Waals surface area contributed by atoms with Crippen LogP contribution in [-0.4, -0.2) is 34.9 Å². The molecule has 1 aromatic heterocycles. The Morgan fingerprint density at radius 2 is 1.87 bits per heavy atom. The Kier molecular flexibility index (Phi) is 6.80. The first-order chi connectivity index (χ1) is 14.9. The van der Waals surface area contributed by atoms with Crippen molar-refractivity contribution in [1.29, 1.82) is 0 Å². The van der Waals surface area contributed by atoms with E-state index in [0.29, 0.717) is 23.8 Å². The number of amides is 1. The quantitative estimate of drug-likeness (QED) is 0.726. The minimum atomic E-state index is 0.140. The molecule has 0 spiro atoms. The zero-order chi connectivity index (χ0) is 22.0. The van der Waals surface area contributed by atoms with Crippen molar-refractivity contribution in [2.45, 2.75) is 72.4 Å². The Hall–Kier alpha value is -2.14. The van der Waals surface area contributed by atoms with E-state index in [-0.39, 0.29) is 11.8 Å². The van der Waals surface area contributed by atoms with Crippen molar-refractivity contribution in [3.63, 3.8) is 0 Å². The van der Waals surface area contributed by atoms with Gasteiger partial charge in [0, 0.05) is 24.1 Å². The molecule has 1 amide bonds. The highest BCUT2D eigenvalue weighted by molar-refractivity contribution is 5.79. The van der Waals surface area contributed by atoms with Gasteiger partial charge < -0.3 is 9.73 Å². The molecule has 1 aromatic carbocycles. The summed E-state index contributed by atoms with van der Waals surface area (Å²) in [4.78, 5) is 20.1. The lowest BCUT2D eigenvalue weighted by Crippen LogP contribution is -2.48. The minimum absolute atomic E-state index is 0.140. The summed E-state index contributed by atoms with van der Waals surface area (Å²) >= 11 is 0. The Morgan fingerprint density at radius 1 is 1.13 bits per heavy atom. The first kappa shape index (κ1) is 22.1. The predicted octanol–water partition coefficient (Wildman–Crippen LogP) is 5.11. The van der Waals surface area contributed by atoms with Crippen LogP contribution in [0.2, 0.25) is 0 Å². The second-order valence-electron chi connectivity index (χ2n) is 9.77. The van der Waals surface area contributed by atoms with Crippen LogP contribution in [0.15, 0.2) is 28.7 Å². The summed E-state index contributed by atoms with van der Waals surface area (Å²) in [6.45, 7) is 11.3.